The van der Waals surface area contributed by atoms with E-state index >= 15 is 0 Å². The molecule has 7 heteroatoms. The third-order valence-electron chi connectivity index (χ3n) is 5.38. The standard InChI is InChI=1S/C24H26N2O5/c1-4-5-10-20(26-22(28)18-8-6-7-9-19(18)23(26)29)24(30)31-14-21(27)25-17-12-11-15(2)16(3)13-17/h6-9,11-13,20H,4-5,10,14H2,1-3H3,(H,25,27)/t20-/m0/s1. The molecule has 1 atom stereocenters. The van der Waals surface area contributed by atoms with Crippen molar-refractivity contribution < 1.29 is 23.9 Å². The quantitative estimate of drug-likeness (QED) is 0.518. The van der Waals surface area contributed by atoms with E-state index in [9.17, 15) is 19.2 Å². The van der Waals surface area contributed by atoms with Crippen molar-refractivity contribution in [2.75, 3.05) is 11.9 Å². The minimum atomic E-state index is -1.07. The number of nitrogens with one attached hydrogen (secondary N) is 1. The SMILES string of the molecule is CCCC[C@@H](C(=O)OCC(=O)Nc1ccc(C)c(C)c1)N1C(=O)c2ccccc2C1=O. The van der Waals surface area contributed by atoms with Crippen LogP contribution in [0, 0.1) is 13.8 Å². The molecule has 0 unspecified atom stereocenters. The highest BCUT2D eigenvalue weighted by Crippen LogP contribution is 2.27. The molecule has 0 aromatic heterocycles. The molecule has 0 radical (unpaired) electrons. The first-order chi connectivity index (χ1) is 14.8. The van der Waals surface area contributed by atoms with Crippen molar-refractivity contribution in [2.24, 2.45) is 0 Å². The molecule has 2 aromatic rings. The van der Waals surface area contributed by atoms with E-state index in [4.69, 9.17) is 4.74 Å². The number of anilines is 1. The fourth-order valence-electron chi connectivity index (χ4n) is 3.49. The summed E-state index contributed by atoms with van der Waals surface area (Å²) >= 11 is 0. The van der Waals surface area contributed by atoms with Crippen LogP contribution in [-0.4, -0.2) is 41.2 Å². The highest BCUT2D eigenvalue weighted by atomic mass is 16.5. The fraction of sp³-hybridized carbons (Fsp3) is 0.333. The normalized spacial score (nSPS) is 13.7. The Morgan fingerprint density at radius 3 is 2.23 bits per heavy atom. The van der Waals surface area contributed by atoms with Gasteiger partial charge in [0.25, 0.3) is 17.7 Å². The second-order valence-electron chi connectivity index (χ2n) is 7.64. The predicted molar refractivity (Wildman–Crippen MR) is 116 cm³/mol. The zero-order valence-electron chi connectivity index (χ0n) is 17.9. The summed E-state index contributed by atoms with van der Waals surface area (Å²) in [5.41, 5.74) is 3.28. The number of aryl methyl sites for hydroxylation is 2. The largest absolute Gasteiger partial charge is 0.454 e. The molecule has 3 amide bonds. The Kier molecular flexibility index (Phi) is 6.84. The number of rotatable bonds is 8. The molecular formula is C24H26N2O5. The molecule has 0 bridgehead atoms. The molecular weight excluding hydrogens is 396 g/mol. The first-order valence-electron chi connectivity index (χ1n) is 10.3. The molecule has 0 aliphatic carbocycles. The molecule has 1 aliphatic rings. The van der Waals surface area contributed by atoms with Gasteiger partial charge in [0.15, 0.2) is 6.61 Å². The fourth-order valence-corrected chi connectivity index (χ4v) is 3.49. The number of unbranched alkanes of at least 4 members (excludes halogenated alkanes) is 1. The summed E-state index contributed by atoms with van der Waals surface area (Å²) < 4.78 is 5.20. The Bertz CT molecular complexity index is 995. The molecule has 1 N–H and O–H groups in total. The molecule has 7 nitrogen and oxygen atoms in total. The maximum Gasteiger partial charge on any atom is 0.329 e. The van der Waals surface area contributed by atoms with Crippen LogP contribution in [0.25, 0.3) is 0 Å². The third-order valence-corrected chi connectivity index (χ3v) is 5.38. The number of nitrogens with zero attached hydrogens (tertiary/aromatic N) is 1. The number of hydrogen-bond donors (Lipinski definition) is 1. The number of carbonyl (C=O) groups excluding carboxylic acids is 4. The minimum Gasteiger partial charge on any atom is -0.454 e. The number of hydrogen-bond acceptors (Lipinski definition) is 5. The van der Waals surface area contributed by atoms with Crippen molar-refractivity contribution in [1.82, 2.24) is 4.90 Å². The topological polar surface area (TPSA) is 92.8 Å². The summed E-state index contributed by atoms with van der Waals surface area (Å²) in [6.07, 6.45) is 1.68. The van der Waals surface area contributed by atoms with Gasteiger partial charge in [0.05, 0.1) is 11.1 Å². The van der Waals surface area contributed by atoms with Crippen LogP contribution in [0.4, 0.5) is 5.69 Å². The van der Waals surface area contributed by atoms with Crippen molar-refractivity contribution in [3.8, 4) is 0 Å². The Balaban J connectivity index is 1.68. The lowest BCUT2D eigenvalue weighted by Gasteiger charge is -2.24. The number of ether oxygens (including phenoxy) is 1. The summed E-state index contributed by atoms with van der Waals surface area (Å²) in [5, 5.41) is 2.69. The van der Waals surface area contributed by atoms with E-state index in [-0.39, 0.29) is 17.5 Å². The van der Waals surface area contributed by atoms with E-state index in [0.717, 1.165) is 22.4 Å². The Hall–Kier alpha value is -3.48. The maximum absolute atomic E-state index is 12.8. The van der Waals surface area contributed by atoms with Gasteiger partial charge in [-0.25, -0.2) is 4.79 Å². The van der Waals surface area contributed by atoms with Gasteiger partial charge in [-0.1, -0.05) is 38.0 Å². The molecule has 1 heterocycles. The molecule has 162 valence electrons. The first kappa shape index (κ1) is 22.2. The highest BCUT2D eigenvalue weighted by Gasteiger charge is 2.43. The van der Waals surface area contributed by atoms with Crippen LogP contribution in [0.3, 0.4) is 0 Å². The summed E-state index contributed by atoms with van der Waals surface area (Å²) in [7, 11) is 0. The average molecular weight is 422 g/mol. The zero-order valence-corrected chi connectivity index (χ0v) is 17.9. The van der Waals surface area contributed by atoms with Crippen molar-refractivity contribution in [2.45, 2.75) is 46.1 Å². The van der Waals surface area contributed by atoms with Gasteiger partial charge < -0.3 is 10.1 Å². The van der Waals surface area contributed by atoms with Gasteiger partial charge in [0.1, 0.15) is 6.04 Å². The van der Waals surface area contributed by atoms with Crippen LogP contribution in [0.15, 0.2) is 42.5 Å². The van der Waals surface area contributed by atoms with Gasteiger partial charge in [-0.15, -0.1) is 0 Å². The molecule has 31 heavy (non-hydrogen) atoms. The van der Waals surface area contributed by atoms with Crippen molar-refractivity contribution in [3.63, 3.8) is 0 Å². The zero-order chi connectivity index (χ0) is 22.5. The van der Waals surface area contributed by atoms with Gasteiger partial charge in [-0.2, -0.15) is 0 Å². The van der Waals surface area contributed by atoms with Crippen LogP contribution in [-0.2, 0) is 14.3 Å². The number of fused-ring (bicyclic) bond motifs is 1. The van der Waals surface area contributed by atoms with Gasteiger partial charge in [0.2, 0.25) is 0 Å². The van der Waals surface area contributed by atoms with Gasteiger partial charge in [-0.05, 0) is 55.7 Å². The van der Waals surface area contributed by atoms with Crippen LogP contribution in [0.1, 0.15) is 58.0 Å². The van der Waals surface area contributed by atoms with E-state index in [0.29, 0.717) is 12.1 Å². The second kappa shape index (κ2) is 9.55. The van der Waals surface area contributed by atoms with E-state index in [1.807, 2.05) is 32.9 Å². The number of benzene rings is 2. The molecule has 0 fully saturated rings. The lowest BCUT2D eigenvalue weighted by molar-refractivity contribution is -0.151. The molecule has 3 rings (SSSR count). The average Bonchev–Trinajstić information content (AvgIpc) is 3.00. The number of amides is 3. The number of carbonyl (C=O) groups is 4. The van der Waals surface area contributed by atoms with Crippen LogP contribution in [0.5, 0.6) is 0 Å². The Morgan fingerprint density at radius 2 is 1.65 bits per heavy atom. The highest BCUT2D eigenvalue weighted by molar-refractivity contribution is 6.22. The molecule has 0 saturated heterocycles. The van der Waals surface area contributed by atoms with Crippen LogP contribution in [0.2, 0.25) is 0 Å². The van der Waals surface area contributed by atoms with E-state index < -0.39 is 36.3 Å². The van der Waals surface area contributed by atoms with Crippen LogP contribution >= 0.6 is 0 Å². The molecule has 0 spiro atoms. The number of esters is 1. The van der Waals surface area contributed by atoms with E-state index in [1.54, 1.807) is 30.3 Å². The monoisotopic (exact) mass is 422 g/mol. The smallest absolute Gasteiger partial charge is 0.329 e. The lowest BCUT2D eigenvalue weighted by atomic mass is 10.1. The third kappa shape index (κ3) is 4.82. The summed E-state index contributed by atoms with van der Waals surface area (Å²) in [6.45, 7) is 5.35. The molecule has 0 saturated carbocycles. The van der Waals surface area contributed by atoms with Crippen molar-refractivity contribution in [1.29, 1.82) is 0 Å². The van der Waals surface area contributed by atoms with Gasteiger partial charge >= 0.3 is 5.97 Å². The predicted octanol–water partition coefficient (Wildman–Crippen LogP) is 3.64. The molecule has 2 aromatic carbocycles. The van der Waals surface area contributed by atoms with Gasteiger partial charge in [0, 0.05) is 5.69 Å². The Labute approximate surface area is 181 Å². The van der Waals surface area contributed by atoms with Gasteiger partial charge in [-0.3, -0.25) is 19.3 Å². The van der Waals surface area contributed by atoms with Crippen molar-refractivity contribution in [3.05, 3.63) is 64.7 Å². The maximum atomic E-state index is 12.8. The molecule has 1 aliphatic heterocycles. The lowest BCUT2D eigenvalue weighted by Crippen LogP contribution is -2.46. The second-order valence-corrected chi connectivity index (χ2v) is 7.64. The summed E-state index contributed by atoms with van der Waals surface area (Å²) in [5.74, 6) is -2.29. The van der Waals surface area contributed by atoms with E-state index in [1.165, 1.54) is 0 Å². The minimum absolute atomic E-state index is 0.272. The Morgan fingerprint density at radius 1 is 1.00 bits per heavy atom. The van der Waals surface area contributed by atoms with Crippen LogP contribution < -0.4 is 5.32 Å². The first-order valence-corrected chi connectivity index (χ1v) is 10.3. The van der Waals surface area contributed by atoms with E-state index in [2.05, 4.69) is 5.32 Å². The summed E-state index contributed by atoms with van der Waals surface area (Å²) in [4.78, 5) is 51.5. The van der Waals surface area contributed by atoms with Crippen molar-refractivity contribution >= 4 is 29.4 Å². The number of imide groups is 1. The summed E-state index contributed by atoms with van der Waals surface area (Å²) in [6, 6.07) is 10.9.